The fourth-order valence-electron chi connectivity index (χ4n) is 3.81. The van der Waals surface area contributed by atoms with E-state index in [2.05, 4.69) is 20.2 Å². The zero-order valence-corrected chi connectivity index (χ0v) is 20.7. The molecule has 35 heavy (non-hydrogen) atoms. The number of anilines is 1. The number of hydrogen-bond acceptors (Lipinski definition) is 6. The molecule has 2 amide bonds. The van der Waals surface area contributed by atoms with Crippen molar-refractivity contribution in [3.63, 3.8) is 0 Å². The van der Waals surface area contributed by atoms with E-state index in [9.17, 15) is 14.0 Å². The Bertz CT molecular complexity index is 1180. The Balaban J connectivity index is 1.33. The third-order valence-electron chi connectivity index (χ3n) is 5.63. The van der Waals surface area contributed by atoms with Gasteiger partial charge in [-0.3, -0.25) is 9.59 Å². The van der Waals surface area contributed by atoms with Crippen molar-refractivity contribution in [3.05, 3.63) is 82.8 Å². The topological polar surface area (TPSA) is 78.4 Å². The van der Waals surface area contributed by atoms with Crippen molar-refractivity contribution in [2.45, 2.75) is 24.7 Å². The van der Waals surface area contributed by atoms with Crippen molar-refractivity contribution in [1.29, 1.82) is 0 Å². The zero-order valence-electron chi connectivity index (χ0n) is 19.2. The number of nitrogens with zero attached hydrogens (tertiary/aromatic N) is 4. The largest absolute Gasteiger partial charge is 0.353 e. The van der Waals surface area contributed by atoms with E-state index in [4.69, 9.17) is 11.6 Å². The minimum Gasteiger partial charge on any atom is -0.353 e. The maximum absolute atomic E-state index is 13.0. The van der Waals surface area contributed by atoms with Crippen molar-refractivity contribution in [2.75, 3.05) is 30.3 Å². The summed E-state index contributed by atoms with van der Waals surface area (Å²) in [5.74, 6) is 0.296. The maximum Gasteiger partial charge on any atom is 0.254 e. The minimum atomic E-state index is -0.317. The van der Waals surface area contributed by atoms with E-state index in [-0.39, 0.29) is 29.4 Å². The first-order chi connectivity index (χ1) is 16.9. The average molecular weight is 514 g/mol. The maximum atomic E-state index is 13.0. The molecular formula is C25H25ClFN5O2S. The number of nitrogens with one attached hydrogen (secondary N) is 1. The van der Waals surface area contributed by atoms with Gasteiger partial charge in [0.1, 0.15) is 16.8 Å². The van der Waals surface area contributed by atoms with Gasteiger partial charge in [0.05, 0.1) is 5.75 Å². The number of piperazine rings is 1. The SMILES string of the molecule is CC1CN(c2cc(Cl)nc(SCC(=O)NCc3ccc(F)cc3)n2)CCN1C(=O)c1ccccc1. The summed E-state index contributed by atoms with van der Waals surface area (Å²) in [6, 6.07) is 16.9. The monoisotopic (exact) mass is 513 g/mol. The quantitative estimate of drug-likeness (QED) is 0.292. The van der Waals surface area contributed by atoms with Crippen molar-refractivity contribution in [1.82, 2.24) is 20.2 Å². The lowest BCUT2D eigenvalue weighted by Crippen LogP contribution is -2.54. The Kier molecular flexibility index (Phi) is 8.20. The van der Waals surface area contributed by atoms with E-state index in [1.807, 2.05) is 42.2 Å². The minimum absolute atomic E-state index is 0.0152. The van der Waals surface area contributed by atoms with Crippen LogP contribution in [0.15, 0.2) is 65.8 Å². The fourth-order valence-corrected chi connectivity index (χ4v) is 4.72. The molecule has 1 saturated heterocycles. The second-order valence-corrected chi connectivity index (χ2v) is 9.51. The van der Waals surface area contributed by atoms with Gasteiger partial charge in [0.2, 0.25) is 5.91 Å². The van der Waals surface area contributed by atoms with Crippen LogP contribution in [0.5, 0.6) is 0 Å². The first-order valence-electron chi connectivity index (χ1n) is 11.2. The zero-order chi connectivity index (χ0) is 24.8. The number of benzene rings is 2. The number of carbonyl (C=O) groups excluding carboxylic acids is 2. The van der Waals surface area contributed by atoms with Crippen molar-refractivity contribution >= 4 is 41.0 Å². The van der Waals surface area contributed by atoms with E-state index in [0.717, 1.165) is 5.56 Å². The number of hydrogen-bond donors (Lipinski definition) is 1. The summed E-state index contributed by atoms with van der Waals surface area (Å²) >= 11 is 7.44. The van der Waals surface area contributed by atoms with Crippen LogP contribution in [-0.4, -0.2) is 58.1 Å². The van der Waals surface area contributed by atoms with Crippen molar-refractivity contribution < 1.29 is 14.0 Å². The summed E-state index contributed by atoms with van der Waals surface area (Å²) in [6.45, 7) is 4.10. The van der Waals surface area contributed by atoms with Crippen LogP contribution in [0, 0.1) is 5.82 Å². The molecule has 1 atom stereocenters. The molecule has 3 aromatic rings. The van der Waals surface area contributed by atoms with Crippen LogP contribution in [0.2, 0.25) is 5.15 Å². The van der Waals surface area contributed by atoms with E-state index in [1.165, 1.54) is 23.9 Å². The Hall–Kier alpha value is -3.17. The lowest BCUT2D eigenvalue weighted by Gasteiger charge is -2.40. The van der Waals surface area contributed by atoms with Crippen LogP contribution in [-0.2, 0) is 11.3 Å². The second kappa shape index (κ2) is 11.5. The molecule has 1 fully saturated rings. The van der Waals surface area contributed by atoms with E-state index >= 15 is 0 Å². The lowest BCUT2D eigenvalue weighted by atomic mass is 10.1. The molecule has 0 radical (unpaired) electrons. The first-order valence-corrected chi connectivity index (χ1v) is 12.5. The molecule has 1 unspecified atom stereocenters. The summed E-state index contributed by atoms with van der Waals surface area (Å²) in [4.78, 5) is 37.9. The van der Waals surface area contributed by atoms with E-state index in [0.29, 0.717) is 47.9 Å². The van der Waals surface area contributed by atoms with Crippen LogP contribution in [0.3, 0.4) is 0 Å². The lowest BCUT2D eigenvalue weighted by molar-refractivity contribution is -0.118. The van der Waals surface area contributed by atoms with Crippen molar-refractivity contribution in [2.24, 2.45) is 0 Å². The molecule has 1 aromatic heterocycles. The van der Waals surface area contributed by atoms with Gasteiger partial charge in [-0.25, -0.2) is 14.4 Å². The number of carbonyl (C=O) groups is 2. The Labute approximate surface area is 212 Å². The van der Waals surface area contributed by atoms with Gasteiger partial charge in [0.15, 0.2) is 5.16 Å². The highest BCUT2D eigenvalue weighted by atomic mass is 35.5. The van der Waals surface area contributed by atoms with Crippen LogP contribution < -0.4 is 10.2 Å². The fraction of sp³-hybridized carbons (Fsp3) is 0.280. The Morgan fingerprint density at radius 1 is 1.11 bits per heavy atom. The Morgan fingerprint density at radius 2 is 1.86 bits per heavy atom. The van der Waals surface area contributed by atoms with Crippen LogP contribution in [0.25, 0.3) is 0 Å². The molecule has 182 valence electrons. The molecule has 2 aromatic carbocycles. The van der Waals surface area contributed by atoms with Gasteiger partial charge < -0.3 is 15.1 Å². The van der Waals surface area contributed by atoms with Gasteiger partial charge in [0, 0.05) is 43.9 Å². The van der Waals surface area contributed by atoms with E-state index in [1.54, 1.807) is 18.2 Å². The molecule has 7 nitrogen and oxygen atoms in total. The molecule has 4 rings (SSSR count). The third-order valence-corrected chi connectivity index (χ3v) is 6.67. The molecule has 2 heterocycles. The molecule has 0 spiro atoms. The number of rotatable bonds is 7. The summed E-state index contributed by atoms with van der Waals surface area (Å²) in [6.07, 6.45) is 0. The van der Waals surface area contributed by atoms with Gasteiger partial charge in [0.25, 0.3) is 5.91 Å². The van der Waals surface area contributed by atoms with Gasteiger partial charge >= 0.3 is 0 Å². The molecule has 0 saturated carbocycles. The number of amides is 2. The number of aromatic nitrogens is 2. The molecular weight excluding hydrogens is 489 g/mol. The van der Waals surface area contributed by atoms with Gasteiger partial charge in [-0.1, -0.05) is 53.7 Å². The Morgan fingerprint density at radius 3 is 2.57 bits per heavy atom. The smallest absolute Gasteiger partial charge is 0.254 e. The predicted octanol–water partition coefficient (Wildman–Crippen LogP) is 4.03. The van der Waals surface area contributed by atoms with Gasteiger partial charge in [-0.05, 0) is 36.8 Å². The summed E-state index contributed by atoms with van der Waals surface area (Å²) < 4.78 is 13.0. The third kappa shape index (κ3) is 6.70. The summed E-state index contributed by atoms with van der Waals surface area (Å²) in [5, 5.41) is 3.49. The predicted molar refractivity (Wildman–Crippen MR) is 135 cm³/mol. The van der Waals surface area contributed by atoms with Crippen LogP contribution >= 0.6 is 23.4 Å². The molecule has 1 aliphatic rings. The van der Waals surface area contributed by atoms with Gasteiger partial charge in [-0.2, -0.15) is 0 Å². The molecule has 1 N–H and O–H groups in total. The first kappa shape index (κ1) is 24.9. The van der Waals surface area contributed by atoms with Crippen LogP contribution in [0.1, 0.15) is 22.8 Å². The normalized spacial score (nSPS) is 15.7. The summed E-state index contributed by atoms with van der Waals surface area (Å²) in [5.41, 5.74) is 1.49. The second-order valence-electron chi connectivity index (χ2n) is 8.18. The summed E-state index contributed by atoms with van der Waals surface area (Å²) in [7, 11) is 0. The number of halogens is 2. The highest BCUT2D eigenvalue weighted by molar-refractivity contribution is 7.99. The molecule has 1 aliphatic heterocycles. The van der Waals surface area contributed by atoms with Gasteiger partial charge in [-0.15, -0.1) is 0 Å². The van der Waals surface area contributed by atoms with Crippen molar-refractivity contribution in [3.8, 4) is 0 Å². The van der Waals surface area contributed by atoms with Crippen LogP contribution in [0.4, 0.5) is 10.2 Å². The number of thioether (sulfide) groups is 1. The molecule has 10 heteroatoms. The standard InChI is InChI=1S/C25H25ClFN5O2S/c1-17-15-31(11-12-32(17)24(34)19-5-3-2-4-6-19)22-13-21(26)29-25(30-22)35-16-23(33)28-14-18-7-9-20(27)10-8-18/h2-10,13,17H,11-12,14-16H2,1H3,(H,28,33). The highest BCUT2D eigenvalue weighted by Gasteiger charge is 2.29. The molecule has 0 aliphatic carbocycles. The average Bonchev–Trinajstić information content (AvgIpc) is 2.87. The van der Waals surface area contributed by atoms with E-state index < -0.39 is 0 Å². The highest BCUT2D eigenvalue weighted by Crippen LogP contribution is 2.24. The molecule has 0 bridgehead atoms.